The molecule has 0 aromatic heterocycles. The first-order valence-corrected chi connectivity index (χ1v) is 8.20. The monoisotopic (exact) mass is 275 g/mol. The van der Waals surface area contributed by atoms with Crippen LogP contribution < -0.4 is 5.32 Å². The van der Waals surface area contributed by atoms with E-state index in [1.807, 2.05) is 0 Å². The van der Waals surface area contributed by atoms with Crippen LogP contribution in [0.25, 0.3) is 0 Å². The van der Waals surface area contributed by atoms with Crippen LogP contribution >= 0.6 is 0 Å². The molecule has 1 aromatic carbocycles. The first-order valence-electron chi connectivity index (χ1n) is 8.20. The van der Waals surface area contributed by atoms with Gasteiger partial charge in [-0.25, -0.2) is 0 Å². The molecule has 2 nitrogen and oxygen atoms in total. The maximum Gasteiger partial charge on any atom is 0.115 e. The maximum absolute atomic E-state index is 9.40. The van der Waals surface area contributed by atoms with E-state index in [1.54, 1.807) is 12.1 Å². The lowest BCUT2D eigenvalue weighted by atomic mass is 9.77. The molecule has 1 aromatic rings. The van der Waals surface area contributed by atoms with Crippen LogP contribution in [0.15, 0.2) is 24.3 Å². The third-order valence-electron chi connectivity index (χ3n) is 4.59. The Hall–Kier alpha value is -1.02. The van der Waals surface area contributed by atoms with Crippen molar-refractivity contribution in [2.45, 2.75) is 58.4 Å². The maximum atomic E-state index is 9.40. The Bertz CT molecular complexity index is 387. The molecule has 1 aliphatic carbocycles. The molecule has 1 aliphatic rings. The van der Waals surface area contributed by atoms with Crippen LogP contribution in [0.1, 0.15) is 51.5 Å². The number of benzene rings is 1. The lowest BCUT2D eigenvalue weighted by Crippen LogP contribution is -2.40. The summed E-state index contributed by atoms with van der Waals surface area (Å²) in [4.78, 5) is 0. The Morgan fingerprint density at radius 1 is 1.25 bits per heavy atom. The van der Waals surface area contributed by atoms with Crippen molar-refractivity contribution in [1.29, 1.82) is 0 Å². The molecule has 0 radical (unpaired) electrons. The fourth-order valence-electron chi connectivity index (χ4n) is 3.47. The van der Waals surface area contributed by atoms with Gasteiger partial charge < -0.3 is 10.4 Å². The van der Waals surface area contributed by atoms with Gasteiger partial charge in [-0.3, -0.25) is 0 Å². The highest BCUT2D eigenvalue weighted by Crippen LogP contribution is 2.32. The predicted octanol–water partition coefficient (Wildman–Crippen LogP) is 4.13. The summed E-state index contributed by atoms with van der Waals surface area (Å²) < 4.78 is 0. The van der Waals surface area contributed by atoms with E-state index in [1.165, 1.54) is 37.7 Å². The summed E-state index contributed by atoms with van der Waals surface area (Å²) in [5.74, 6) is 2.04. The van der Waals surface area contributed by atoms with E-state index < -0.39 is 0 Å². The molecule has 0 heterocycles. The molecule has 3 atom stereocenters. The zero-order valence-electron chi connectivity index (χ0n) is 12.9. The highest BCUT2D eigenvalue weighted by atomic mass is 16.3. The minimum atomic E-state index is 0.359. The van der Waals surface area contributed by atoms with Gasteiger partial charge >= 0.3 is 0 Å². The zero-order chi connectivity index (χ0) is 14.4. The largest absolute Gasteiger partial charge is 0.508 e. The van der Waals surface area contributed by atoms with E-state index in [4.69, 9.17) is 0 Å². The van der Waals surface area contributed by atoms with Crippen LogP contribution in [0.4, 0.5) is 0 Å². The second-order valence-electron chi connectivity index (χ2n) is 6.46. The van der Waals surface area contributed by atoms with E-state index in [0.717, 1.165) is 24.8 Å². The first kappa shape index (κ1) is 15.4. The quantitative estimate of drug-likeness (QED) is 0.818. The lowest BCUT2D eigenvalue weighted by Gasteiger charge is -2.34. The summed E-state index contributed by atoms with van der Waals surface area (Å²) in [6, 6.07) is 8.30. The molecule has 2 N–H and O–H groups in total. The SMILES string of the molecule is CCCNC(Cc1ccc(O)cc1)C1CCCC(C)C1. The smallest absolute Gasteiger partial charge is 0.115 e. The number of hydrogen-bond acceptors (Lipinski definition) is 2. The number of rotatable bonds is 6. The van der Waals surface area contributed by atoms with Crippen molar-refractivity contribution in [3.63, 3.8) is 0 Å². The molecule has 0 amide bonds. The van der Waals surface area contributed by atoms with Crippen molar-refractivity contribution >= 4 is 0 Å². The molecule has 3 unspecified atom stereocenters. The van der Waals surface area contributed by atoms with E-state index in [0.29, 0.717) is 11.8 Å². The Kier molecular flexibility index (Phi) is 5.90. The fourth-order valence-corrected chi connectivity index (χ4v) is 3.47. The van der Waals surface area contributed by atoms with Crippen LogP contribution in [-0.2, 0) is 6.42 Å². The molecular weight excluding hydrogens is 246 g/mol. The van der Waals surface area contributed by atoms with Crippen LogP contribution in [0.2, 0.25) is 0 Å². The highest BCUT2D eigenvalue weighted by Gasteiger charge is 2.26. The van der Waals surface area contributed by atoms with Crippen LogP contribution in [0, 0.1) is 11.8 Å². The molecule has 1 saturated carbocycles. The summed E-state index contributed by atoms with van der Waals surface area (Å²) in [6.07, 6.45) is 7.78. The van der Waals surface area contributed by atoms with Crippen molar-refractivity contribution in [3.8, 4) is 5.75 Å². The van der Waals surface area contributed by atoms with Crippen LogP contribution in [0.3, 0.4) is 0 Å². The lowest BCUT2D eigenvalue weighted by molar-refractivity contribution is 0.221. The average molecular weight is 275 g/mol. The third kappa shape index (κ3) is 4.52. The Balaban J connectivity index is 2.00. The van der Waals surface area contributed by atoms with E-state index in [9.17, 15) is 5.11 Å². The van der Waals surface area contributed by atoms with Crippen molar-refractivity contribution in [1.82, 2.24) is 5.32 Å². The number of hydrogen-bond donors (Lipinski definition) is 2. The second kappa shape index (κ2) is 7.68. The summed E-state index contributed by atoms with van der Waals surface area (Å²) in [7, 11) is 0. The topological polar surface area (TPSA) is 32.3 Å². The molecular formula is C18H29NO. The molecule has 112 valence electrons. The van der Waals surface area contributed by atoms with Gasteiger partial charge in [-0.1, -0.05) is 38.8 Å². The molecule has 2 rings (SSSR count). The average Bonchev–Trinajstić information content (AvgIpc) is 2.45. The fraction of sp³-hybridized carbons (Fsp3) is 0.667. The van der Waals surface area contributed by atoms with Gasteiger partial charge in [-0.2, -0.15) is 0 Å². The van der Waals surface area contributed by atoms with Gasteiger partial charge in [0.05, 0.1) is 0 Å². The molecule has 1 fully saturated rings. The van der Waals surface area contributed by atoms with Gasteiger partial charge in [-0.15, -0.1) is 0 Å². The van der Waals surface area contributed by atoms with Gasteiger partial charge in [0.25, 0.3) is 0 Å². The van der Waals surface area contributed by atoms with E-state index in [2.05, 4.69) is 31.3 Å². The third-order valence-corrected chi connectivity index (χ3v) is 4.59. The molecule has 0 bridgehead atoms. The van der Waals surface area contributed by atoms with Gasteiger partial charge in [0.2, 0.25) is 0 Å². The van der Waals surface area contributed by atoms with E-state index >= 15 is 0 Å². The minimum Gasteiger partial charge on any atom is -0.508 e. The first-order chi connectivity index (χ1) is 9.69. The van der Waals surface area contributed by atoms with Crippen molar-refractivity contribution in [3.05, 3.63) is 29.8 Å². The van der Waals surface area contributed by atoms with Crippen LogP contribution in [0.5, 0.6) is 5.75 Å². The Morgan fingerprint density at radius 2 is 2.00 bits per heavy atom. The predicted molar refractivity (Wildman–Crippen MR) is 85.0 cm³/mol. The number of phenolic OH excluding ortho intramolecular Hbond substituents is 1. The molecule has 0 spiro atoms. The van der Waals surface area contributed by atoms with Crippen molar-refractivity contribution in [2.75, 3.05) is 6.54 Å². The number of phenols is 1. The van der Waals surface area contributed by atoms with Gasteiger partial charge in [0, 0.05) is 6.04 Å². The molecule has 20 heavy (non-hydrogen) atoms. The zero-order valence-corrected chi connectivity index (χ0v) is 12.9. The molecule has 2 heteroatoms. The normalized spacial score (nSPS) is 24.5. The van der Waals surface area contributed by atoms with E-state index in [-0.39, 0.29) is 0 Å². The van der Waals surface area contributed by atoms with Crippen molar-refractivity contribution < 1.29 is 5.11 Å². The van der Waals surface area contributed by atoms with Gasteiger partial charge in [0.15, 0.2) is 0 Å². The van der Waals surface area contributed by atoms with Crippen LogP contribution in [-0.4, -0.2) is 17.7 Å². The molecule has 0 saturated heterocycles. The standard InChI is InChI=1S/C18H29NO/c1-3-11-19-18(16-6-4-5-14(2)12-16)13-15-7-9-17(20)10-8-15/h7-10,14,16,18-20H,3-6,11-13H2,1-2H3. The molecule has 0 aliphatic heterocycles. The number of aromatic hydroxyl groups is 1. The van der Waals surface area contributed by atoms with Gasteiger partial charge in [-0.05, 0) is 61.8 Å². The summed E-state index contributed by atoms with van der Waals surface area (Å²) >= 11 is 0. The second-order valence-corrected chi connectivity index (χ2v) is 6.46. The summed E-state index contributed by atoms with van der Waals surface area (Å²) in [6.45, 7) is 5.73. The highest BCUT2D eigenvalue weighted by molar-refractivity contribution is 5.26. The Morgan fingerprint density at radius 3 is 2.65 bits per heavy atom. The number of nitrogens with one attached hydrogen (secondary N) is 1. The Labute approximate surface area is 123 Å². The van der Waals surface area contributed by atoms with Gasteiger partial charge in [0.1, 0.15) is 5.75 Å². The minimum absolute atomic E-state index is 0.359. The summed E-state index contributed by atoms with van der Waals surface area (Å²) in [5.41, 5.74) is 1.33. The van der Waals surface area contributed by atoms with Crippen molar-refractivity contribution in [2.24, 2.45) is 11.8 Å². The summed E-state index contributed by atoms with van der Waals surface area (Å²) in [5, 5.41) is 13.2.